The normalized spacial score (nSPS) is 14.1. The van der Waals surface area contributed by atoms with Crippen LogP contribution in [0, 0.1) is 0 Å². The molecule has 4 aromatic heterocycles. The maximum Gasteiger partial charge on any atom is 0.356 e. The third kappa shape index (κ3) is 21.9. The minimum Gasteiger partial charge on any atom is -0.478 e. The quantitative estimate of drug-likeness (QED) is 0.167. The summed E-state index contributed by atoms with van der Waals surface area (Å²) in [4.78, 5) is 109. The lowest BCUT2D eigenvalue weighted by Crippen LogP contribution is -2.41. The van der Waals surface area contributed by atoms with Crippen molar-refractivity contribution in [3.05, 3.63) is 118 Å². The highest BCUT2D eigenvalue weighted by atomic mass is 16.6. The molecule has 3 aliphatic heterocycles. The molecule has 3 aliphatic rings. The first-order chi connectivity index (χ1) is 35.0. The maximum atomic E-state index is 12.2. The second-order valence-electron chi connectivity index (χ2n) is 17.5. The lowest BCUT2D eigenvalue weighted by molar-refractivity contribution is 0.00564. The first kappa shape index (κ1) is 60.5. The van der Waals surface area contributed by atoms with Crippen LogP contribution in [-0.2, 0) is 33.2 Å². The Morgan fingerprint density at radius 2 is 0.757 bits per heavy atom. The Balaban J connectivity index is 0.000000253. The molecular formula is C50H63N7O17. The second kappa shape index (κ2) is 30.3. The Morgan fingerprint density at radius 3 is 0.986 bits per heavy atom. The lowest BCUT2D eigenvalue weighted by Gasteiger charge is -2.26. The van der Waals surface area contributed by atoms with E-state index in [-0.39, 0.29) is 40.0 Å². The first-order valence-electron chi connectivity index (χ1n) is 23.0. The van der Waals surface area contributed by atoms with E-state index >= 15 is 0 Å². The molecule has 3 N–H and O–H groups in total. The van der Waals surface area contributed by atoms with E-state index in [2.05, 4.69) is 34.7 Å². The van der Waals surface area contributed by atoms with E-state index in [0.717, 1.165) is 32.5 Å². The van der Waals surface area contributed by atoms with Crippen molar-refractivity contribution < 1.29 is 81.7 Å². The molecule has 7 rings (SSSR count). The highest BCUT2D eigenvalue weighted by Gasteiger charge is 2.23. The molecule has 7 heterocycles. The number of aromatic carboxylic acids is 2. The molecule has 3 saturated heterocycles. The highest BCUT2D eigenvalue weighted by molar-refractivity contribution is 5.95. The van der Waals surface area contributed by atoms with E-state index in [4.69, 9.17) is 33.9 Å². The van der Waals surface area contributed by atoms with Crippen molar-refractivity contribution in [1.82, 2.24) is 35.1 Å². The van der Waals surface area contributed by atoms with Crippen molar-refractivity contribution in [2.24, 2.45) is 0 Å². The zero-order chi connectivity index (χ0) is 54.8. The maximum absolute atomic E-state index is 12.2. The Kier molecular flexibility index (Phi) is 24.8. The number of hydrogen-bond acceptors (Lipinski definition) is 20. The summed E-state index contributed by atoms with van der Waals surface area (Å²) in [7, 11) is 2.50. The van der Waals surface area contributed by atoms with Gasteiger partial charge in [0.1, 0.15) is 34.0 Å². The fourth-order valence-electron chi connectivity index (χ4n) is 5.82. The lowest BCUT2D eigenvalue weighted by atomic mass is 10.2. The summed E-state index contributed by atoms with van der Waals surface area (Å²) < 4.78 is 34.7. The van der Waals surface area contributed by atoms with Crippen LogP contribution in [0.1, 0.15) is 125 Å². The average molecular weight is 1030 g/mol. The number of carbonyl (C=O) groups excluding carboxylic acids is 6. The van der Waals surface area contributed by atoms with E-state index in [1.807, 2.05) is 0 Å². The number of rotatable bonds is 8. The van der Waals surface area contributed by atoms with Gasteiger partial charge in [-0.3, -0.25) is 19.6 Å². The number of nitrogens with one attached hydrogen (secondary N) is 1. The van der Waals surface area contributed by atoms with Crippen LogP contribution >= 0.6 is 0 Å². The monoisotopic (exact) mass is 1030 g/mol. The number of carboxylic acid groups (broad SMARTS) is 2. The van der Waals surface area contributed by atoms with Crippen LogP contribution in [0.4, 0.5) is 0 Å². The van der Waals surface area contributed by atoms with Crippen LogP contribution in [0.2, 0.25) is 0 Å². The second-order valence-corrected chi connectivity index (χ2v) is 17.5. The van der Waals surface area contributed by atoms with Gasteiger partial charge in [-0.05, 0) is 90.1 Å². The Hall–Kier alpha value is -7.80. The summed E-state index contributed by atoms with van der Waals surface area (Å²) in [5.41, 5.74) is 0.456. The van der Waals surface area contributed by atoms with Gasteiger partial charge in [0.15, 0.2) is 0 Å². The Labute approximate surface area is 427 Å². The molecule has 400 valence electrons. The number of hydrogen-bond donors (Lipinski definition) is 3. The molecule has 0 aromatic carbocycles. The molecule has 74 heavy (non-hydrogen) atoms. The first-order valence-corrected chi connectivity index (χ1v) is 23.0. The SMILES string of the molecule is C1COCCN1.CC(C)(C)OC(=O)c1ccc(C(=O)N2CCOCC2)nc1.COC(=O)c1ccc(C(=O)O)cn1.COC(=O)c1ccc(C(=O)OC(C)(C)C)cn1.O=C(O)c1ccc(C(=O)N2CCOCC2)nc1. The van der Waals surface area contributed by atoms with Gasteiger partial charge in [0, 0.05) is 64.1 Å². The van der Waals surface area contributed by atoms with Crippen LogP contribution < -0.4 is 5.32 Å². The van der Waals surface area contributed by atoms with E-state index in [1.54, 1.807) is 63.5 Å². The van der Waals surface area contributed by atoms with Gasteiger partial charge in [-0.15, -0.1) is 0 Å². The molecule has 2 amide bonds. The topological polar surface area (TPSA) is 312 Å². The van der Waals surface area contributed by atoms with Gasteiger partial charge in [0.25, 0.3) is 11.8 Å². The van der Waals surface area contributed by atoms with E-state index in [0.29, 0.717) is 69.4 Å². The highest BCUT2D eigenvalue weighted by Crippen LogP contribution is 2.14. The number of ether oxygens (including phenoxy) is 7. The number of carbonyl (C=O) groups is 8. The number of nitrogens with zero attached hydrogens (tertiary/aromatic N) is 6. The minimum atomic E-state index is -1.08. The fraction of sp³-hybridized carbons (Fsp3) is 0.440. The Morgan fingerprint density at radius 1 is 0.459 bits per heavy atom. The van der Waals surface area contributed by atoms with Crippen molar-refractivity contribution in [2.75, 3.05) is 93.1 Å². The average Bonchev–Trinajstić information content (AvgIpc) is 3.41. The molecule has 24 nitrogen and oxygen atoms in total. The third-order valence-corrected chi connectivity index (χ3v) is 9.49. The number of aromatic nitrogens is 4. The summed E-state index contributed by atoms with van der Waals surface area (Å²) in [6, 6.07) is 11.4. The van der Waals surface area contributed by atoms with Crippen molar-refractivity contribution >= 4 is 47.6 Å². The molecule has 0 atom stereocenters. The van der Waals surface area contributed by atoms with Gasteiger partial charge in [0.05, 0.1) is 76.1 Å². The molecule has 0 saturated carbocycles. The van der Waals surface area contributed by atoms with Crippen LogP contribution in [0.3, 0.4) is 0 Å². The molecular weight excluding hydrogens is 971 g/mol. The standard InChI is InChI=1S/C15H20N2O4.C12H15NO4.C11H12N2O4.C8H7NO4.C4H9NO/c1-15(2,3)21-14(19)11-4-5-12(16-10-11)13(18)17-6-8-20-9-7-17;1-12(2,3)17-10(14)8-5-6-9(13-7-8)11(15)16-4;14-10(13-3-5-17-6-4-13)9-2-1-8(7-12-9)11(15)16;1-13-8(12)6-3-2-5(4-9-6)7(10)11;1-3-6-4-2-5-1/h4-5,10H,6-9H2,1-3H3;5-7H,1-4H3;1-2,7H,3-6H2,(H,15,16);2-4H,1H3,(H,10,11);5H,1-4H2. The molecule has 0 radical (unpaired) electrons. The van der Waals surface area contributed by atoms with Crippen molar-refractivity contribution in [2.45, 2.75) is 52.7 Å². The van der Waals surface area contributed by atoms with Gasteiger partial charge in [0.2, 0.25) is 0 Å². The van der Waals surface area contributed by atoms with E-state index < -0.39 is 47.0 Å². The van der Waals surface area contributed by atoms with Crippen LogP contribution in [0.5, 0.6) is 0 Å². The van der Waals surface area contributed by atoms with Gasteiger partial charge in [-0.25, -0.2) is 38.7 Å². The predicted octanol–water partition coefficient (Wildman–Crippen LogP) is 3.76. The van der Waals surface area contributed by atoms with Gasteiger partial charge in [-0.2, -0.15) is 0 Å². The van der Waals surface area contributed by atoms with Crippen molar-refractivity contribution in [3.63, 3.8) is 0 Å². The number of methoxy groups -OCH3 is 2. The molecule has 3 fully saturated rings. The molecule has 4 aromatic rings. The number of pyridine rings is 4. The van der Waals surface area contributed by atoms with Crippen molar-refractivity contribution in [1.29, 1.82) is 0 Å². The molecule has 0 bridgehead atoms. The van der Waals surface area contributed by atoms with Crippen LogP contribution in [-0.4, -0.2) is 192 Å². The number of morpholine rings is 3. The fourth-order valence-corrected chi connectivity index (χ4v) is 5.82. The van der Waals surface area contributed by atoms with Gasteiger partial charge >= 0.3 is 35.8 Å². The van der Waals surface area contributed by atoms with Crippen LogP contribution in [0.25, 0.3) is 0 Å². The number of esters is 4. The molecule has 0 unspecified atom stereocenters. The zero-order valence-electron chi connectivity index (χ0n) is 42.6. The van der Waals surface area contributed by atoms with E-state index in [1.165, 1.54) is 69.2 Å². The van der Waals surface area contributed by atoms with Crippen molar-refractivity contribution in [3.8, 4) is 0 Å². The largest absolute Gasteiger partial charge is 0.478 e. The number of amides is 2. The molecule has 0 aliphatic carbocycles. The van der Waals surface area contributed by atoms with Gasteiger partial charge < -0.3 is 58.5 Å². The number of carboxylic acids is 2. The molecule has 24 heteroatoms. The summed E-state index contributed by atoms with van der Waals surface area (Å²) in [5.74, 6) is -4.51. The molecule has 0 spiro atoms. The third-order valence-electron chi connectivity index (χ3n) is 9.49. The summed E-state index contributed by atoms with van der Waals surface area (Å²) in [5, 5.41) is 20.4. The summed E-state index contributed by atoms with van der Waals surface area (Å²) in [6.07, 6.45) is 4.96. The zero-order valence-corrected chi connectivity index (χ0v) is 42.6. The van der Waals surface area contributed by atoms with Gasteiger partial charge in [-0.1, -0.05) is 0 Å². The predicted molar refractivity (Wildman–Crippen MR) is 261 cm³/mol. The smallest absolute Gasteiger partial charge is 0.356 e. The summed E-state index contributed by atoms with van der Waals surface area (Å²) in [6.45, 7) is 18.9. The minimum absolute atomic E-state index is 0.0349. The van der Waals surface area contributed by atoms with E-state index in [9.17, 15) is 38.4 Å². The van der Waals surface area contributed by atoms with Crippen LogP contribution in [0.15, 0.2) is 73.3 Å². The Bertz CT molecular complexity index is 2450. The summed E-state index contributed by atoms with van der Waals surface area (Å²) >= 11 is 0.